The van der Waals surface area contributed by atoms with Crippen LogP contribution in [0.4, 0.5) is 10.5 Å². The molecule has 22 heavy (non-hydrogen) atoms. The molecule has 116 valence electrons. The number of aromatic nitrogens is 2. The normalized spacial score (nSPS) is 14.5. The number of imidazole rings is 1. The van der Waals surface area contributed by atoms with Crippen LogP contribution in [0.15, 0.2) is 36.7 Å². The van der Waals surface area contributed by atoms with E-state index in [0.29, 0.717) is 5.92 Å². The highest BCUT2D eigenvalue weighted by Crippen LogP contribution is 2.27. The summed E-state index contributed by atoms with van der Waals surface area (Å²) in [4.78, 5) is 18.4. The molecule has 0 spiro atoms. The van der Waals surface area contributed by atoms with Gasteiger partial charge in [0.25, 0.3) is 0 Å². The SMILES string of the molecule is CN(CC1CCC1)C(=O)Nc1cccc(-c2nccn2C)c1. The molecule has 0 aliphatic heterocycles. The molecule has 1 N–H and O–H groups in total. The Hall–Kier alpha value is -2.30. The van der Waals surface area contributed by atoms with Crippen molar-refractivity contribution in [2.24, 2.45) is 13.0 Å². The van der Waals surface area contributed by atoms with Crippen molar-refractivity contribution in [2.75, 3.05) is 18.9 Å². The molecule has 1 fully saturated rings. The highest BCUT2D eigenvalue weighted by atomic mass is 16.2. The number of aryl methyl sites for hydroxylation is 1. The van der Waals surface area contributed by atoms with E-state index >= 15 is 0 Å². The van der Waals surface area contributed by atoms with Crippen molar-refractivity contribution >= 4 is 11.7 Å². The molecule has 5 heteroatoms. The molecule has 5 nitrogen and oxygen atoms in total. The number of amides is 2. The highest BCUT2D eigenvalue weighted by Gasteiger charge is 2.21. The van der Waals surface area contributed by atoms with Crippen molar-refractivity contribution in [2.45, 2.75) is 19.3 Å². The summed E-state index contributed by atoms with van der Waals surface area (Å²) >= 11 is 0. The average molecular weight is 298 g/mol. The van der Waals surface area contributed by atoms with Crippen LogP contribution in [0.2, 0.25) is 0 Å². The van der Waals surface area contributed by atoms with E-state index in [9.17, 15) is 4.79 Å². The monoisotopic (exact) mass is 298 g/mol. The fraction of sp³-hybridized carbons (Fsp3) is 0.412. The zero-order valence-corrected chi connectivity index (χ0v) is 13.1. The second kappa shape index (κ2) is 6.22. The van der Waals surface area contributed by atoms with Gasteiger partial charge in [-0.2, -0.15) is 0 Å². The lowest BCUT2D eigenvalue weighted by atomic mass is 9.85. The fourth-order valence-corrected chi connectivity index (χ4v) is 2.74. The fourth-order valence-electron chi connectivity index (χ4n) is 2.74. The Labute approximate surface area is 131 Å². The van der Waals surface area contributed by atoms with Gasteiger partial charge >= 0.3 is 6.03 Å². The van der Waals surface area contributed by atoms with E-state index < -0.39 is 0 Å². The third-order valence-electron chi connectivity index (χ3n) is 4.30. The van der Waals surface area contributed by atoms with Crippen LogP contribution in [0.25, 0.3) is 11.4 Å². The summed E-state index contributed by atoms with van der Waals surface area (Å²) in [6, 6.07) is 7.74. The summed E-state index contributed by atoms with van der Waals surface area (Å²) in [5.74, 6) is 1.56. The molecule has 0 atom stereocenters. The second-order valence-electron chi connectivity index (χ2n) is 6.05. The number of anilines is 1. The van der Waals surface area contributed by atoms with Gasteiger partial charge in [-0.25, -0.2) is 9.78 Å². The van der Waals surface area contributed by atoms with Gasteiger partial charge in [0.15, 0.2) is 0 Å². The van der Waals surface area contributed by atoms with E-state index in [1.165, 1.54) is 19.3 Å². The first-order valence-corrected chi connectivity index (χ1v) is 7.73. The average Bonchev–Trinajstić information content (AvgIpc) is 2.89. The van der Waals surface area contributed by atoms with Crippen molar-refractivity contribution in [3.63, 3.8) is 0 Å². The molecule has 0 unspecified atom stereocenters. The van der Waals surface area contributed by atoms with E-state index in [1.807, 2.05) is 49.1 Å². The van der Waals surface area contributed by atoms with Crippen LogP contribution >= 0.6 is 0 Å². The Morgan fingerprint density at radius 2 is 2.27 bits per heavy atom. The van der Waals surface area contributed by atoms with Crippen LogP contribution in [0.1, 0.15) is 19.3 Å². The van der Waals surface area contributed by atoms with Crippen LogP contribution < -0.4 is 5.32 Å². The molecular weight excluding hydrogens is 276 g/mol. The van der Waals surface area contributed by atoms with Gasteiger partial charge in [-0.1, -0.05) is 18.6 Å². The van der Waals surface area contributed by atoms with Gasteiger partial charge in [-0.15, -0.1) is 0 Å². The quantitative estimate of drug-likeness (QED) is 0.941. The number of hydrogen-bond donors (Lipinski definition) is 1. The van der Waals surface area contributed by atoms with Gasteiger partial charge < -0.3 is 14.8 Å². The maximum atomic E-state index is 12.2. The molecular formula is C17H22N4O. The third kappa shape index (κ3) is 3.13. The molecule has 1 aromatic carbocycles. The molecule has 1 aromatic heterocycles. The largest absolute Gasteiger partial charge is 0.334 e. The predicted octanol–water partition coefficient (Wildman–Crippen LogP) is 3.35. The van der Waals surface area contributed by atoms with Crippen LogP contribution in [-0.2, 0) is 7.05 Å². The summed E-state index contributed by atoms with van der Waals surface area (Å²) in [6.07, 6.45) is 7.46. The molecule has 2 aromatic rings. The Kier molecular flexibility index (Phi) is 4.13. The van der Waals surface area contributed by atoms with E-state index in [0.717, 1.165) is 23.6 Å². The number of benzene rings is 1. The zero-order valence-electron chi connectivity index (χ0n) is 13.1. The summed E-state index contributed by atoms with van der Waals surface area (Å²) in [6.45, 7) is 0.838. The van der Waals surface area contributed by atoms with Gasteiger partial charge in [0, 0.05) is 44.3 Å². The third-order valence-corrected chi connectivity index (χ3v) is 4.30. The zero-order chi connectivity index (χ0) is 15.5. The van der Waals surface area contributed by atoms with Crippen molar-refractivity contribution in [1.29, 1.82) is 0 Å². The smallest absolute Gasteiger partial charge is 0.321 e. The Morgan fingerprint density at radius 3 is 2.91 bits per heavy atom. The molecule has 1 aliphatic rings. The Bertz CT molecular complexity index is 660. The number of rotatable bonds is 4. The summed E-state index contributed by atoms with van der Waals surface area (Å²) in [7, 11) is 3.82. The highest BCUT2D eigenvalue weighted by molar-refractivity contribution is 5.89. The molecule has 0 bridgehead atoms. The molecule has 0 radical (unpaired) electrons. The van der Waals surface area contributed by atoms with E-state index in [1.54, 1.807) is 11.1 Å². The lowest BCUT2D eigenvalue weighted by Gasteiger charge is -2.30. The van der Waals surface area contributed by atoms with Gasteiger partial charge in [-0.3, -0.25) is 0 Å². The van der Waals surface area contributed by atoms with Crippen LogP contribution in [-0.4, -0.2) is 34.1 Å². The Balaban J connectivity index is 1.67. The standard InChI is InChI=1S/C17H22N4O/c1-20-10-9-18-16(20)14-7-4-8-15(11-14)19-17(22)21(2)12-13-5-3-6-13/h4,7-11,13H,3,5-6,12H2,1-2H3,(H,19,22). The van der Waals surface area contributed by atoms with Crippen molar-refractivity contribution in [1.82, 2.24) is 14.5 Å². The molecule has 2 amide bonds. The minimum atomic E-state index is -0.0520. The first-order chi connectivity index (χ1) is 10.6. The van der Waals surface area contributed by atoms with Crippen LogP contribution in [0, 0.1) is 5.92 Å². The lowest BCUT2D eigenvalue weighted by Crippen LogP contribution is -2.37. The topological polar surface area (TPSA) is 50.2 Å². The number of nitrogens with one attached hydrogen (secondary N) is 1. The van der Waals surface area contributed by atoms with Crippen LogP contribution in [0.5, 0.6) is 0 Å². The molecule has 1 aliphatic carbocycles. The number of carbonyl (C=O) groups is 1. The number of hydrogen-bond acceptors (Lipinski definition) is 2. The number of urea groups is 1. The minimum Gasteiger partial charge on any atom is -0.334 e. The lowest BCUT2D eigenvalue weighted by molar-refractivity contribution is 0.194. The van der Waals surface area contributed by atoms with E-state index in [4.69, 9.17) is 0 Å². The predicted molar refractivity (Wildman–Crippen MR) is 87.6 cm³/mol. The molecule has 0 saturated heterocycles. The van der Waals surface area contributed by atoms with Gasteiger partial charge in [0.1, 0.15) is 5.82 Å². The van der Waals surface area contributed by atoms with E-state index in [2.05, 4.69) is 10.3 Å². The number of carbonyl (C=O) groups excluding carboxylic acids is 1. The van der Waals surface area contributed by atoms with Crippen molar-refractivity contribution in [3.05, 3.63) is 36.7 Å². The summed E-state index contributed by atoms with van der Waals surface area (Å²) < 4.78 is 1.96. The maximum Gasteiger partial charge on any atom is 0.321 e. The van der Waals surface area contributed by atoms with Gasteiger partial charge in [0.05, 0.1) is 0 Å². The summed E-state index contributed by atoms with van der Waals surface area (Å²) in [5, 5.41) is 2.97. The van der Waals surface area contributed by atoms with Crippen molar-refractivity contribution in [3.8, 4) is 11.4 Å². The Morgan fingerprint density at radius 1 is 1.45 bits per heavy atom. The van der Waals surface area contributed by atoms with Crippen molar-refractivity contribution < 1.29 is 4.79 Å². The summed E-state index contributed by atoms with van der Waals surface area (Å²) in [5.41, 5.74) is 1.79. The second-order valence-corrected chi connectivity index (χ2v) is 6.05. The number of nitrogens with zero attached hydrogens (tertiary/aromatic N) is 3. The first kappa shape index (κ1) is 14.6. The molecule has 1 saturated carbocycles. The molecule has 1 heterocycles. The van der Waals surface area contributed by atoms with Gasteiger partial charge in [0.2, 0.25) is 0 Å². The maximum absolute atomic E-state index is 12.2. The first-order valence-electron chi connectivity index (χ1n) is 7.73. The van der Waals surface area contributed by atoms with E-state index in [-0.39, 0.29) is 6.03 Å². The van der Waals surface area contributed by atoms with Crippen LogP contribution in [0.3, 0.4) is 0 Å². The van der Waals surface area contributed by atoms with Gasteiger partial charge in [-0.05, 0) is 30.9 Å². The minimum absolute atomic E-state index is 0.0520. The molecule has 3 rings (SSSR count).